The Morgan fingerprint density at radius 2 is 2.32 bits per heavy atom. The molecule has 0 spiro atoms. The summed E-state index contributed by atoms with van der Waals surface area (Å²) in [6.07, 6.45) is 4.47. The standard InChI is InChI=1S/C14H14N4O/c1-17(8-12-7-16-18(2)9-12)14-4-3-11(10-19)5-13(14)6-15/h3-5,7,9-10H,8H2,1-2H3. The molecule has 1 aromatic carbocycles. The van der Waals surface area contributed by atoms with Crippen molar-refractivity contribution in [3.05, 3.63) is 47.3 Å². The van der Waals surface area contributed by atoms with Crippen LogP contribution in [0.15, 0.2) is 30.6 Å². The molecule has 2 rings (SSSR count). The van der Waals surface area contributed by atoms with Gasteiger partial charge in [-0.1, -0.05) is 0 Å². The van der Waals surface area contributed by atoms with Gasteiger partial charge in [0.15, 0.2) is 0 Å². The maximum Gasteiger partial charge on any atom is 0.150 e. The summed E-state index contributed by atoms with van der Waals surface area (Å²) in [6.45, 7) is 0.656. The molecule has 1 aromatic heterocycles. The van der Waals surface area contributed by atoms with Gasteiger partial charge >= 0.3 is 0 Å². The minimum absolute atomic E-state index is 0.496. The smallest absolute Gasteiger partial charge is 0.150 e. The summed E-state index contributed by atoms with van der Waals surface area (Å²) in [4.78, 5) is 12.7. The van der Waals surface area contributed by atoms with Gasteiger partial charge in [-0.25, -0.2) is 0 Å². The SMILES string of the molecule is CN(Cc1cnn(C)c1)c1ccc(C=O)cc1C#N. The molecule has 0 fully saturated rings. The molecule has 2 aromatic rings. The maximum absolute atomic E-state index is 10.7. The zero-order chi connectivity index (χ0) is 13.8. The molecule has 1 heterocycles. The fourth-order valence-electron chi connectivity index (χ4n) is 1.96. The van der Waals surface area contributed by atoms with Crippen LogP contribution in [0.1, 0.15) is 21.5 Å². The largest absolute Gasteiger partial charge is 0.369 e. The van der Waals surface area contributed by atoms with Crippen LogP contribution in [0.25, 0.3) is 0 Å². The first-order chi connectivity index (χ1) is 9.13. The van der Waals surface area contributed by atoms with E-state index < -0.39 is 0 Å². The van der Waals surface area contributed by atoms with Gasteiger partial charge in [-0.05, 0) is 18.2 Å². The fourth-order valence-corrected chi connectivity index (χ4v) is 1.96. The summed E-state index contributed by atoms with van der Waals surface area (Å²) in [6, 6.07) is 7.22. The number of hydrogen-bond acceptors (Lipinski definition) is 4. The molecule has 0 radical (unpaired) electrons. The molecule has 0 unspecified atom stereocenters. The van der Waals surface area contributed by atoms with Crippen LogP contribution in [0, 0.1) is 11.3 Å². The van der Waals surface area contributed by atoms with Gasteiger partial charge in [-0.15, -0.1) is 0 Å². The molecule has 0 atom stereocenters. The molecule has 0 N–H and O–H groups in total. The normalized spacial score (nSPS) is 9.95. The Morgan fingerprint density at radius 1 is 1.53 bits per heavy atom. The number of anilines is 1. The van der Waals surface area contributed by atoms with E-state index in [9.17, 15) is 4.79 Å². The van der Waals surface area contributed by atoms with E-state index in [1.807, 2.05) is 25.2 Å². The molecule has 0 amide bonds. The van der Waals surface area contributed by atoms with Crippen molar-refractivity contribution < 1.29 is 4.79 Å². The van der Waals surface area contributed by atoms with Crippen molar-refractivity contribution in [3.63, 3.8) is 0 Å². The molecular formula is C14H14N4O. The second-order valence-corrected chi connectivity index (χ2v) is 4.38. The van der Waals surface area contributed by atoms with Crippen LogP contribution in [0.3, 0.4) is 0 Å². The van der Waals surface area contributed by atoms with Gasteiger partial charge in [0.05, 0.1) is 17.4 Å². The quantitative estimate of drug-likeness (QED) is 0.780. The van der Waals surface area contributed by atoms with E-state index in [2.05, 4.69) is 11.2 Å². The van der Waals surface area contributed by atoms with Crippen molar-refractivity contribution >= 4 is 12.0 Å². The average Bonchev–Trinajstić information content (AvgIpc) is 2.83. The van der Waals surface area contributed by atoms with E-state index in [1.54, 1.807) is 29.1 Å². The first kappa shape index (κ1) is 12.8. The summed E-state index contributed by atoms with van der Waals surface area (Å²) in [5.41, 5.74) is 2.87. The number of aldehydes is 1. The lowest BCUT2D eigenvalue weighted by molar-refractivity contribution is 0.112. The third-order valence-electron chi connectivity index (χ3n) is 2.87. The zero-order valence-corrected chi connectivity index (χ0v) is 10.9. The minimum Gasteiger partial charge on any atom is -0.369 e. The first-order valence-corrected chi connectivity index (χ1v) is 5.82. The number of hydrogen-bond donors (Lipinski definition) is 0. The highest BCUT2D eigenvalue weighted by atomic mass is 16.1. The number of nitrogens with zero attached hydrogens (tertiary/aromatic N) is 4. The highest BCUT2D eigenvalue weighted by molar-refractivity contribution is 5.78. The van der Waals surface area contributed by atoms with E-state index in [0.717, 1.165) is 17.5 Å². The molecular weight excluding hydrogens is 240 g/mol. The lowest BCUT2D eigenvalue weighted by Crippen LogP contribution is -2.17. The highest BCUT2D eigenvalue weighted by Crippen LogP contribution is 2.21. The van der Waals surface area contributed by atoms with Crippen LogP contribution < -0.4 is 4.90 Å². The predicted molar refractivity (Wildman–Crippen MR) is 71.9 cm³/mol. The van der Waals surface area contributed by atoms with E-state index in [4.69, 9.17) is 5.26 Å². The Bertz CT molecular complexity index is 639. The first-order valence-electron chi connectivity index (χ1n) is 5.82. The number of benzene rings is 1. The molecule has 0 aliphatic heterocycles. The zero-order valence-electron chi connectivity index (χ0n) is 10.9. The monoisotopic (exact) mass is 254 g/mol. The Labute approximate surface area is 111 Å². The lowest BCUT2D eigenvalue weighted by Gasteiger charge is -2.19. The van der Waals surface area contributed by atoms with Crippen molar-refractivity contribution in [1.29, 1.82) is 5.26 Å². The maximum atomic E-state index is 10.7. The van der Waals surface area contributed by atoms with Crippen LogP contribution >= 0.6 is 0 Å². The van der Waals surface area contributed by atoms with E-state index in [0.29, 0.717) is 17.7 Å². The van der Waals surface area contributed by atoms with Gasteiger partial charge in [-0.3, -0.25) is 9.48 Å². The molecule has 5 heteroatoms. The van der Waals surface area contributed by atoms with Crippen molar-refractivity contribution in [2.45, 2.75) is 6.54 Å². The van der Waals surface area contributed by atoms with Gasteiger partial charge in [0.1, 0.15) is 12.4 Å². The van der Waals surface area contributed by atoms with Crippen molar-refractivity contribution in [1.82, 2.24) is 9.78 Å². The van der Waals surface area contributed by atoms with Gasteiger partial charge in [-0.2, -0.15) is 10.4 Å². The lowest BCUT2D eigenvalue weighted by atomic mass is 10.1. The van der Waals surface area contributed by atoms with Crippen LogP contribution in [-0.4, -0.2) is 23.1 Å². The minimum atomic E-state index is 0.496. The van der Waals surface area contributed by atoms with Crippen LogP contribution in [0.2, 0.25) is 0 Å². The Balaban J connectivity index is 2.26. The Hall–Kier alpha value is -2.61. The second-order valence-electron chi connectivity index (χ2n) is 4.38. The Morgan fingerprint density at radius 3 is 2.89 bits per heavy atom. The van der Waals surface area contributed by atoms with Gasteiger partial charge in [0, 0.05) is 38.0 Å². The number of aromatic nitrogens is 2. The number of nitriles is 1. The second kappa shape index (κ2) is 5.36. The molecule has 5 nitrogen and oxygen atoms in total. The van der Waals surface area contributed by atoms with Crippen molar-refractivity contribution in [3.8, 4) is 6.07 Å². The molecule has 0 saturated carbocycles. The summed E-state index contributed by atoms with van der Waals surface area (Å²) in [7, 11) is 3.77. The van der Waals surface area contributed by atoms with Gasteiger partial charge in [0.25, 0.3) is 0 Å². The average molecular weight is 254 g/mol. The number of rotatable bonds is 4. The van der Waals surface area contributed by atoms with Gasteiger partial charge in [0.2, 0.25) is 0 Å². The highest BCUT2D eigenvalue weighted by Gasteiger charge is 2.09. The number of aryl methyl sites for hydroxylation is 1. The molecule has 0 aliphatic rings. The number of carbonyl (C=O) groups excluding carboxylic acids is 1. The fraction of sp³-hybridized carbons (Fsp3) is 0.214. The van der Waals surface area contributed by atoms with Crippen molar-refractivity contribution in [2.75, 3.05) is 11.9 Å². The Kier molecular flexibility index (Phi) is 3.62. The topological polar surface area (TPSA) is 61.9 Å². The third kappa shape index (κ3) is 2.80. The molecule has 96 valence electrons. The third-order valence-corrected chi connectivity index (χ3v) is 2.87. The molecule has 0 aliphatic carbocycles. The van der Waals surface area contributed by atoms with Crippen LogP contribution in [0.4, 0.5) is 5.69 Å². The number of carbonyl (C=O) groups is 1. The van der Waals surface area contributed by atoms with E-state index in [-0.39, 0.29) is 0 Å². The predicted octanol–water partition coefficient (Wildman–Crippen LogP) is 1.74. The van der Waals surface area contributed by atoms with E-state index >= 15 is 0 Å². The summed E-state index contributed by atoms with van der Waals surface area (Å²) < 4.78 is 1.74. The summed E-state index contributed by atoms with van der Waals surface area (Å²) in [5, 5.41) is 13.3. The summed E-state index contributed by atoms with van der Waals surface area (Å²) in [5.74, 6) is 0. The van der Waals surface area contributed by atoms with Crippen LogP contribution in [-0.2, 0) is 13.6 Å². The molecule has 0 saturated heterocycles. The molecule has 0 bridgehead atoms. The van der Waals surface area contributed by atoms with Crippen molar-refractivity contribution in [2.24, 2.45) is 7.05 Å². The summed E-state index contributed by atoms with van der Waals surface area (Å²) >= 11 is 0. The molecule has 19 heavy (non-hydrogen) atoms. The van der Waals surface area contributed by atoms with Crippen LogP contribution in [0.5, 0.6) is 0 Å². The van der Waals surface area contributed by atoms with Gasteiger partial charge < -0.3 is 4.90 Å². The van der Waals surface area contributed by atoms with E-state index in [1.165, 1.54) is 0 Å².